The predicted molar refractivity (Wildman–Crippen MR) is 95.1 cm³/mol. The Kier molecular flexibility index (Phi) is 6.57. The summed E-state index contributed by atoms with van der Waals surface area (Å²) in [5.41, 5.74) is 0.984. The van der Waals surface area contributed by atoms with Crippen LogP contribution < -0.4 is 5.32 Å². The van der Waals surface area contributed by atoms with Gasteiger partial charge in [0.1, 0.15) is 5.82 Å². The molecule has 2 amide bonds. The zero-order valence-corrected chi connectivity index (χ0v) is 15.0. The maximum atomic E-state index is 12.9. The van der Waals surface area contributed by atoms with Gasteiger partial charge in [-0.3, -0.25) is 14.5 Å². The van der Waals surface area contributed by atoms with Crippen molar-refractivity contribution in [1.29, 1.82) is 0 Å². The molecule has 0 aliphatic carbocycles. The molecule has 0 spiro atoms. The molecule has 0 aromatic heterocycles. The molecule has 142 valence electrons. The summed E-state index contributed by atoms with van der Waals surface area (Å²) in [5.74, 6) is -0.573. The molecule has 2 fully saturated rings. The topological polar surface area (TPSA) is 61.9 Å². The van der Waals surface area contributed by atoms with Crippen LogP contribution in [-0.4, -0.2) is 74.1 Å². The van der Waals surface area contributed by atoms with Gasteiger partial charge in [0.15, 0.2) is 0 Å². The number of benzene rings is 1. The second-order valence-corrected chi connectivity index (χ2v) is 6.86. The maximum Gasteiger partial charge on any atom is 0.225 e. The molecule has 1 aromatic carbocycles. The van der Waals surface area contributed by atoms with E-state index < -0.39 is 0 Å². The Bertz CT molecular complexity index is 617. The van der Waals surface area contributed by atoms with Gasteiger partial charge in [0, 0.05) is 45.7 Å². The Morgan fingerprint density at radius 3 is 2.65 bits per heavy atom. The zero-order valence-electron chi connectivity index (χ0n) is 15.0. The minimum absolute atomic E-state index is 0.0143. The van der Waals surface area contributed by atoms with Gasteiger partial charge in [0.2, 0.25) is 11.8 Å². The molecule has 0 bridgehead atoms. The summed E-state index contributed by atoms with van der Waals surface area (Å²) in [6, 6.07) is 6.30. The van der Waals surface area contributed by atoms with E-state index >= 15 is 0 Å². The quantitative estimate of drug-likeness (QED) is 0.773. The monoisotopic (exact) mass is 363 g/mol. The summed E-state index contributed by atoms with van der Waals surface area (Å²) in [6.45, 7) is 5.71. The smallest absolute Gasteiger partial charge is 0.225 e. The third-order valence-corrected chi connectivity index (χ3v) is 5.00. The van der Waals surface area contributed by atoms with Crippen LogP contribution in [0.15, 0.2) is 24.3 Å². The van der Waals surface area contributed by atoms with Crippen molar-refractivity contribution in [2.45, 2.75) is 12.8 Å². The highest BCUT2D eigenvalue weighted by Crippen LogP contribution is 2.18. The van der Waals surface area contributed by atoms with E-state index in [2.05, 4.69) is 10.2 Å². The van der Waals surface area contributed by atoms with Gasteiger partial charge in [0.25, 0.3) is 0 Å². The van der Waals surface area contributed by atoms with Crippen molar-refractivity contribution < 1.29 is 18.7 Å². The number of morpholine rings is 1. The van der Waals surface area contributed by atoms with Crippen LogP contribution >= 0.6 is 0 Å². The molecule has 0 saturated carbocycles. The molecule has 0 radical (unpaired) electrons. The highest BCUT2D eigenvalue weighted by Gasteiger charge is 2.33. The summed E-state index contributed by atoms with van der Waals surface area (Å²) in [6.07, 6.45) is 0.935. The number of rotatable bonds is 7. The van der Waals surface area contributed by atoms with Crippen molar-refractivity contribution in [2.24, 2.45) is 5.92 Å². The average molecular weight is 363 g/mol. The lowest BCUT2D eigenvalue weighted by molar-refractivity contribution is -0.129. The first-order chi connectivity index (χ1) is 12.6. The van der Waals surface area contributed by atoms with E-state index in [0.29, 0.717) is 26.1 Å². The number of amides is 2. The molecule has 1 N–H and O–H groups in total. The van der Waals surface area contributed by atoms with Gasteiger partial charge in [0.05, 0.1) is 19.1 Å². The summed E-state index contributed by atoms with van der Waals surface area (Å²) in [4.78, 5) is 28.5. The van der Waals surface area contributed by atoms with Crippen molar-refractivity contribution in [3.63, 3.8) is 0 Å². The normalized spacial score (nSPS) is 21.2. The molecule has 7 heteroatoms. The van der Waals surface area contributed by atoms with Crippen LogP contribution in [0, 0.1) is 11.7 Å². The van der Waals surface area contributed by atoms with Gasteiger partial charge < -0.3 is 15.0 Å². The molecular formula is C19H26FN3O3. The fraction of sp³-hybridized carbons (Fsp3) is 0.579. The van der Waals surface area contributed by atoms with Crippen LogP contribution in [0.25, 0.3) is 0 Å². The Morgan fingerprint density at radius 1 is 1.19 bits per heavy atom. The van der Waals surface area contributed by atoms with E-state index in [-0.39, 0.29) is 30.0 Å². The number of ether oxygens (including phenoxy) is 1. The Labute approximate surface area is 153 Å². The number of nitrogens with one attached hydrogen (secondary N) is 1. The molecule has 3 rings (SSSR count). The van der Waals surface area contributed by atoms with Crippen molar-refractivity contribution in [1.82, 2.24) is 15.1 Å². The van der Waals surface area contributed by atoms with E-state index in [1.54, 1.807) is 17.0 Å². The van der Waals surface area contributed by atoms with Gasteiger partial charge in [-0.05, 0) is 24.1 Å². The number of hydrogen-bond donors (Lipinski definition) is 1. The van der Waals surface area contributed by atoms with Crippen LogP contribution in [0.5, 0.6) is 0 Å². The summed E-state index contributed by atoms with van der Waals surface area (Å²) in [7, 11) is 0. The van der Waals surface area contributed by atoms with Crippen molar-refractivity contribution in [3.05, 3.63) is 35.6 Å². The zero-order chi connectivity index (χ0) is 18.4. The van der Waals surface area contributed by atoms with Gasteiger partial charge in [-0.2, -0.15) is 0 Å². The van der Waals surface area contributed by atoms with Crippen LogP contribution in [0.1, 0.15) is 12.0 Å². The predicted octanol–water partition coefficient (Wildman–Crippen LogP) is 0.665. The first-order valence-electron chi connectivity index (χ1n) is 9.22. The molecule has 2 aliphatic rings. The molecule has 1 atom stereocenters. The van der Waals surface area contributed by atoms with Gasteiger partial charge in [-0.1, -0.05) is 12.1 Å². The third kappa shape index (κ3) is 5.25. The number of likely N-dealkylation sites (tertiary alicyclic amines) is 1. The lowest BCUT2D eigenvalue weighted by atomic mass is 10.1. The molecule has 2 heterocycles. The Hall–Kier alpha value is -1.99. The maximum absolute atomic E-state index is 12.9. The lowest BCUT2D eigenvalue weighted by Gasteiger charge is -2.26. The van der Waals surface area contributed by atoms with Crippen molar-refractivity contribution in [2.75, 3.05) is 52.5 Å². The largest absolute Gasteiger partial charge is 0.379 e. The molecule has 2 saturated heterocycles. The van der Waals surface area contributed by atoms with Crippen LogP contribution in [0.3, 0.4) is 0 Å². The highest BCUT2D eigenvalue weighted by molar-refractivity contribution is 5.89. The van der Waals surface area contributed by atoms with Crippen molar-refractivity contribution >= 4 is 11.8 Å². The second kappa shape index (κ2) is 9.09. The van der Waals surface area contributed by atoms with E-state index in [1.807, 2.05) is 0 Å². The van der Waals surface area contributed by atoms with E-state index in [0.717, 1.165) is 38.4 Å². The molecule has 26 heavy (non-hydrogen) atoms. The van der Waals surface area contributed by atoms with Crippen LogP contribution in [0.4, 0.5) is 4.39 Å². The molecule has 6 nitrogen and oxygen atoms in total. The van der Waals surface area contributed by atoms with E-state index in [4.69, 9.17) is 4.74 Å². The standard InChI is InChI=1S/C19H26FN3O3/c20-17-3-1-15(2-4-17)5-7-23-14-16(13-18(23)24)19(25)21-6-8-22-9-11-26-12-10-22/h1-4,16H,5-14H2,(H,21,25)/t16-/m0/s1. The third-order valence-electron chi connectivity index (χ3n) is 5.00. The number of carbonyl (C=O) groups excluding carboxylic acids is 2. The summed E-state index contributed by atoms with van der Waals surface area (Å²) in [5, 5.41) is 2.95. The van der Waals surface area contributed by atoms with Crippen molar-refractivity contribution in [3.8, 4) is 0 Å². The molecule has 0 unspecified atom stereocenters. The summed E-state index contributed by atoms with van der Waals surface area (Å²) >= 11 is 0. The number of hydrogen-bond acceptors (Lipinski definition) is 4. The van der Waals surface area contributed by atoms with E-state index in [9.17, 15) is 14.0 Å². The number of nitrogens with zero attached hydrogens (tertiary/aromatic N) is 2. The summed E-state index contributed by atoms with van der Waals surface area (Å²) < 4.78 is 18.2. The second-order valence-electron chi connectivity index (χ2n) is 6.86. The number of carbonyl (C=O) groups is 2. The minimum atomic E-state index is -0.277. The molecule has 1 aromatic rings. The lowest BCUT2D eigenvalue weighted by Crippen LogP contribution is -2.42. The van der Waals surface area contributed by atoms with E-state index in [1.165, 1.54) is 12.1 Å². The Balaban J connectivity index is 1.38. The Morgan fingerprint density at radius 2 is 1.92 bits per heavy atom. The first-order valence-corrected chi connectivity index (χ1v) is 9.22. The number of halogens is 1. The fourth-order valence-corrected chi connectivity index (χ4v) is 3.39. The van der Waals surface area contributed by atoms with Gasteiger partial charge >= 0.3 is 0 Å². The van der Waals surface area contributed by atoms with Crippen LogP contribution in [-0.2, 0) is 20.7 Å². The SMILES string of the molecule is O=C(NCCN1CCOCC1)[C@H]1CC(=O)N(CCc2ccc(F)cc2)C1. The minimum Gasteiger partial charge on any atom is -0.379 e. The average Bonchev–Trinajstić information content (AvgIpc) is 3.03. The first kappa shape index (κ1) is 18.8. The van der Waals surface area contributed by atoms with Gasteiger partial charge in [-0.15, -0.1) is 0 Å². The van der Waals surface area contributed by atoms with Crippen LogP contribution in [0.2, 0.25) is 0 Å². The molecular weight excluding hydrogens is 337 g/mol. The fourth-order valence-electron chi connectivity index (χ4n) is 3.39. The van der Waals surface area contributed by atoms with Gasteiger partial charge in [-0.25, -0.2) is 4.39 Å². The highest BCUT2D eigenvalue weighted by atomic mass is 19.1. The molecule has 2 aliphatic heterocycles.